The molecule has 1 aliphatic carbocycles. The summed E-state index contributed by atoms with van der Waals surface area (Å²) < 4.78 is 11.6. The number of alkyl halides is 3. The van der Waals surface area contributed by atoms with Crippen LogP contribution >= 0.6 is 34.8 Å². The van der Waals surface area contributed by atoms with Crippen molar-refractivity contribution in [2.75, 3.05) is 13.1 Å². The molecule has 0 radical (unpaired) electrons. The van der Waals surface area contributed by atoms with Crippen LogP contribution in [0.4, 0.5) is 0 Å². The van der Waals surface area contributed by atoms with Gasteiger partial charge >= 0.3 is 0 Å². The second-order valence-corrected chi connectivity index (χ2v) is 17.2. The van der Waals surface area contributed by atoms with Crippen LogP contribution in [-0.4, -0.2) is 44.9 Å². The predicted molar refractivity (Wildman–Crippen MR) is 188 cm³/mol. The Morgan fingerprint density at radius 3 is 2.32 bits per heavy atom. The van der Waals surface area contributed by atoms with E-state index in [2.05, 4.69) is 74.3 Å². The van der Waals surface area contributed by atoms with Gasteiger partial charge in [-0.1, -0.05) is 129 Å². The number of nitrogens with one attached hydrogen (secondary N) is 1. The molecule has 3 aromatic rings. The number of rotatable bonds is 8. The number of fused-ring (bicyclic) bond motifs is 2. The quantitative estimate of drug-likeness (QED) is 0.231. The molecule has 6 nitrogen and oxygen atoms in total. The number of hydrogen-bond acceptors (Lipinski definition) is 5. The maximum atomic E-state index is 12.0. The molecule has 2 unspecified atom stereocenters. The Kier molecular flexibility index (Phi) is 10.1. The highest BCUT2D eigenvalue weighted by molar-refractivity contribution is 6.76. The van der Waals surface area contributed by atoms with Crippen LogP contribution in [0.2, 0.25) is 0 Å². The molecule has 47 heavy (non-hydrogen) atoms. The van der Waals surface area contributed by atoms with Gasteiger partial charge < -0.3 is 19.9 Å². The van der Waals surface area contributed by atoms with Gasteiger partial charge in [-0.3, -0.25) is 9.69 Å². The molecule has 252 valence electrons. The lowest BCUT2D eigenvalue weighted by Crippen LogP contribution is -2.46. The van der Waals surface area contributed by atoms with E-state index in [9.17, 15) is 9.90 Å². The molecule has 2 saturated heterocycles. The van der Waals surface area contributed by atoms with Crippen molar-refractivity contribution in [3.05, 3.63) is 95.1 Å². The molecule has 1 amide bonds. The zero-order chi connectivity index (χ0) is 33.6. The van der Waals surface area contributed by atoms with Crippen LogP contribution in [0.1, 0.15) is 81.6 Å². The van der Waals surface area contributed by atoms with E-state index in [0.717, 1.165) is 46.5 Å². The molecule has 0 spiro atoms. The topological polar surface area (TPSA) is 71.0 Å². The van der Waals surface area contributed by atoms with Crippen molar-refractivity contribution < 1.29 is 19.4 Å². The van der Waals surface area contributed by atoms with E-state index < -0.39 is 16.0 Å². The molecule has 2 heterocycles. The molecular formula is C38H45Cl3N2O4. The summed E-state index contributed by atoms with van der Waals surface area (Å²) in [5.74, 6) is -0.526. The van der Waals surface area contributed by atoms with Crippen molar-refractivity contribution in [1.82, 2.24) is 10.2 Å². The Morgan fingerprint density at radius 1 is 0.936 bits per heavy atom. The highest BCUT2D eigenvalue weighted by atomic mass is 35.6. The minimum atomic E-state index is -2.00. The number of aliphatic hydroxyl groups excluding tert-OH is 1. The van der Waals surface area contributed by atoms with Gasteiger partial charge in [-0.25, -0.2) is 0 Å². The highest BCUT2D eigenvalue weighted by Crippen LogP contribution is 2.53. The Hall–Kier alpha value is -2.16. The lowest BCUT2D eigenvalue weighted by Gasteiger charge is -2.43. The van der Waals surface area contributed by atoms with Crippen LogP contribution in [0.3, 0.4) is 0 Å². The molecule has 3 aromatic carbocycles. The molecule has 3 fully saturated rings. The van der Waals surface area contributed by atoms with Crippen LogP contribution in [0, 0.1) is 16.7 Å². The van der Waals surface area contributed by atoms with Crippen molar-refractivity contribution >= 4 is 40.7 Å². The predicted octanol–water partition coefficient (Wildman–Crippen LogP) is 8.52. The number of hydrogen-bond donors (Lipinski definition) is 2. The summed E-state index contributed by atoms with van der Waals surface area (Å²) in [5, 5.41) is 12.3. The largest absolute Gasteiger partial charge is 0.392 e. The first-order valence-electron chi connectivity index (χ1n) is 16.5. The minimum absolute atomic E-state index is 0.0124. The zero-order valence-electron chi connectivity index (χ0n) is 27.5. The molecule has 1 saturated carbocycles. The van der Waals surface area contributed by atoms with E-state index >= 15 is 0 Å². The van der Waals surface area contributed by atoms with Gasteiger partial charge in [0.1, 0.15) is 0 Å². The standard InChI is InChI=1S/C38H45Cl3N2O4/c1-24-32(20-43-23-37(4)18-31(43)17-36(2,3)22-37)46-34(47-33(24)28-10-8-25(21-44)9-11-28)29-14-12-27(13-15-29)30-7-5-6-26(16-30)19-42-35(45)38(39,40)41/h5-16,24,31-34,44H,17-23H2,1-4H3,(H,42,45)/t24-,31?,32+,33+,34+,37?/m0/s1. The van der Waals surface area contributed by atoms with Gasteiger partial charge in [0.15, 0.2) is 6.29 Å². The second kappa shape index (κ2) is 13.6. The van der Waals surface area contributed by atoms with E-state index in [-0.39, 0.29) is 31.3 Å². The zero-order valence-corrected chi connectivity index (χ0v) is 29.8. The van der Waals surface area contributed by atoms with Gasteiger partial charge in [0, 0.05) is 37.2 Å². The van der Waals surface area contributed by atoms with Crippen LogP contribution in [0.25, 0.3) is 11.1 Å². The normalized spacial score (nSPS) is 29.1. The lowest BCUT2D eigenvalue weighted by atomic mass is 9.65. The number of likely N-dealkylation sites (tertiary alicyclic amines) is 1. The van der Waals surface area contributed by atoms with Gasteiger partial charge in [0.2, 0.25) is 0 Å². The van der Waals surface area contributed by atoms with Crippen molar-refractivity contribution in [1.29, 1.82) is 0 Å². The first-order chi connectivity index (χ1) is 22.2. The van der Waals surface area contributed by atoms with E-state index in [4.69, 9.17) is 44.3 Å². The third-order valence-electron chi connectivity index (χ3n) is 10.2. The van der Waals surface area contributed by atoms with Gasteiger partial charge in [-0.05, 0) is 64.0 Å². The molecule has 0 aromatic heterocycles. The first-order valence-corrected chi connectivity index (χ1v) is 17.6. The van der Waals surface area contributed by atoms with Gasteiger partial charge in [0.25, 0.3) is 9.70 Å². The summed E-state index contributed by atoms with van der Waals surface area (Å²) in [6.45, 7) is 11.8. The second-order valence-electron chi connectivity index (χ2n) is 15.0. The van der Waals surface area contributed by atoms with Crippen molar-refractivity contribution in [2.24, 2.45) is 16.7 Å². The third-order valence-corrected chi connectivity index (χ3v) is 10.7. The van der Waals surface area contributed by atoms with Crippen molar-refractivity contribution in [3.8, 4) is 11.1 Å². The molecule has 2 N–H and O–H groups in total. The van der Waals surface area contributed by atoms with Gasteiger partial charge in [-0.2, -0.15) is 0 Å². The number of aliphatic hydroxyl groups is 1. The average molecular weight is 700 g/mol. The Balaban J connectivity index is 1.22. The highest BCUT2D eigenvalue weighted by Gasteiger charge is 2.51. The van der Waals surface area contributed by atoms with Crippen molar-refractivity contribution in [2.45, 2.75) is 88.4 Å². The third kappa shape index (κ3) is 8.02. The summed E-state index contributed by atoms with van der Waals surface area (Å²) in [6.07, 6.45) is 3.05. The maximum Gasteiger partial charge on any atom is 0.272 e. The summed E-state index contributed by atoms with van der Waals surface area (Å²) in [5.41, 5.74) is 6.57. The van der Waals surface area contributed by atoms with Crippen LogP contribution in [0.5, 0.6) is 0 Å². The molecule has 3 aliphatic rings. The molecule has 9 heteroatoms. The lowest BCUT2D eigenvalue weighted by molar-refractivity contribution is -0.276. The number of benzene rings is 3. The summed E-state index contributed by atoms with van der Waals surface area (Å²) in [7, 11) is 0. The fourth-order valence-electron chi connectivity index (χ4n) is 8.33. The Labute approximate surface area is 293 Å². The summed E-state index contributed by atoms with van der Waals surface area (Å²) >= 11 is 17.1. The van der Waals surface area contributed by atoms with Crippen molar-refractivity contribution in [3.63, 3.8) is 0 Å². The monoisotopic (exact) mass is 698 g/mol. The van der Waals surface area contributed by atoms with Crippen LogP contribution < -0.4 is 5.32 Å². The first kappa shape index (κ1) is 34.7. The molecule has 6 atom stereocenters. The van der Waals surface area contributed by atoms with E-state index in [1.807, 2.05) is 36.4 Å². The Bertz CT molecular complexity index is 1560. The molecule has 6 rings (SSSR count). The summed E-state index contributed by atoms with van der Waals surface area (Å²) in [6, 6.07) is 24.9. The fraction of sp³-hybridized carbons (Fsp3) is 0.500. The SMILES string of the molecule is C[C@H]1[C@@H](CN2CC3(C)CC2CC(C)(C)C3)O[C@@H](c2ccc(-c3cccc(CNC(=O)C(Cl)(Cl)Cl)c3)cc2)O[C@H]1c1ccc(CO)cc1. The molecular weight excluding hydrogens is 655 g/mol. The number of halogens is 3. The number of ether oxygens (including phenoxy) is 2. The maximum absolute atomic E-state index is 12.0. The van der Waals surface area contributed by atoms with Crippen LogP contribution in [0.15, 0.2) is 72.8 Å². The van der Waals surface area contributed by atoms with E-state index in [1.54, 1.807) is 0 Å². The fourth-order valence-corrected chi connectivity index (χ4v) is 8.53. The molecule has 2 bridgehead atoms. The summed E-state index contributed by atoms with van der Waals surface area (Å²) in [4.78, 5) is 14.7. The van der Waals surface area contributed by atoms with E-state index in [1.165, 1.54) is 19.3 Å². The van der Waals surface area contributed by atoms with Gasteiger partial charge in [-0.15, -0.1) is 0 Å². The average Bonchev–Trinajstić information content (AvgIpc) is 3.27. The number of amides is 1. The van der Waals surface area contributed by atoms with Crippen LogP contribution in [-0.2, 0) is 27.4 Å². The smallest absolute Gasteiger partial charge is 0.272 e. The number of nitrogens with zero attached hydrogens (tertiary/aromatic N) is 1. The van der Waals surface area contributed by atoms with Gasteiger partial charge in [0.05, 0.1) is 18.8 Å². The Morgan fingerprint density at radius 2 is 1.64 bits per heavy atom. The number of carbonyl (C=O) groups excluding carboxylic acids is 1. The number of carbonyl (C=O) groups is 1. The minimum Gasteiger partial charge on any atom is -0.392 e. The molecule has 2 aliphatic heterocycles. The van der Waals surface area contributed by atoms with E-state index in [0.29, 0.717) is 16.9 Å².